The number of H-pyrrole nitrogens is 1. The van der Waals surface area contributed by atoms with Crippen LogP contribution in [0.4, 0.5) is 0 Å². The minimum absolute atomic E-state index is 0.175. The molecule has 1 heterocycles. The largest absolute Gasteiger partial charge is 0.478 e. The molecule has 0 fully saturated rings. The normalized spacial score (nSPS) is 10.3. The van der Waals surface area contributed by atoms with Crippen LogP contribution in [0.25, 0.3) is 0 Å². The number of nitrogens with one attached hydrogen (secondary N) is 1. The van der Waals surface area contributed by atoms with E-state index in [4.69, 9.17) is 16.7 Å². The third kappa shape index (κ3) is 2.37. The molecule has 0 radical (unpaired) electrons. The van der Waals surface area contributed by atoms with Gasteiger partial charge in [0, 0.05) is 17.3 Å². The van der Waals surface area contributed by atoms with Crippen LogP contribution in [0.1, 0.15) is 10.4 Å². The zero-order valence-electron chi connectivity index (χ0n) is 7.98. The van der Waals surface area contributed by atoms with Gasteiger partial charge in [0.05, 0.1) is 10.6 Å². The van der Waals surface area contributed by atoms with E-state index in [1.807, 2.05) is 0 Å². The van der Waals surface area contributed by atoms with Gasteiger partial charge in [-0.3, -0.25) is 0 Å². The first-order valence-electron chi connectivity index (χ1n) is 4.37. The third-order valence-corrected chi connectivity index (χ3v) is 3.28. The molecular weight excluding hydrogens is 248 g/mol. The van der Waals surface area contributed by atoms with E-state index in [1.165, 1.54) is 23.9 Å². The van der Waals surface area contributed by atoms with E-state index < -0.39 is 5.97 Å². The molecule has 0 unspecified atom stereocenters. The zero-order valence-corrected chi connectivity index (χ0v) is 9.55. The number of aromatic carboxylic acids is 1. The van der Waals surface area contributed by atoms with Gasteiger partial charge < -0.3 is 10.1 Å². The Kier molecular flexibility index (Phi) is 3.17. The van der Waals surface area contributed by atoms with Gasteiger partial charge in [-0.1, -0.05) is 23.4 Å². The highest BCUT2D eigenvalue weighted by Gasteiger charge is 2.08. The Hall–Kier alpha value is -1.46. The van der Waals surface area contributed by atoms with Crippen LogP contribution in [-0.2, 0) is 0 Å². The topological polar surface area (TPSA) is 66.0 Å². The monoisotopic (exact) mass is 254 g/mol. The average Bonchev–Trinajstić information content (AvgIpc) is 2.73. The van der Waals surface area contributed by atoms with E-state index in [1.54, 1.807) is 18.5 Å². The van der Waals surface area contributed by atoms with Gasteiger partial charge in [0.15, 0.2) is 5.16 Å². The molecule has 0 bridgehead atoms. The minimum Gasteiger partial charge on any atom is -0.478 e. The molecule has 2 aromatic rings. The molecule has 1 aromatic carbocycles. The lowest BCUT2D eigenvalue weighted by atomic mass is 10.2. The van der Waals surface area contributed by atoms with E-state index in [0.717, 1.165) is 4.90 Å². The number of benzene rings is 1. The van der Waals surface area contributed by atoms with E-state index in [-0.39, 0.29) is 5.56 Å². The summed E-state index contributed by atoms with van der Waals surface area (Å²) < 4.78 is 0. The van der Waals surface area contributed by atoms with E-state index in [2.05, 4.69) is 9.97 Å². The minimum atomic E-state index is -0.989. The van der Waals surface area contributed by atoms with Crippen molar-refractivity contribution in [3.05, 3.63) is 41.2 Å². The van der Waals surface area contributed by atoms with Crippen molar-refractivity contribution in [2.75, 3.05) is 0 Å². The molecule has 6 heteroatoms. The van der Waals surface area contributed by atoms with Crippen molar-refractivity contribution in [1.29, 1.82) is 0 Å². The second-order valence-corrected chi connectivity index (χ2v) is 4.38. The van der Waals surface area contributed by atoms with Crippen LogP contribution in [0.5, 0.6) is 0 Å². The lowest BCUT2D eigenvalue weighted by molar-refractivity contribution is 0.0697. The molecule has 2 rings (SSSR count). The van der Waals surface area contributed by atoms with Crippen molar-refractivity contribution >= 4 is 29.3 Å². The summed E-state index contributed by atoms with van der Waals surface area (Å²) in [7, 11) is 0. The second-order valence-electron chi connectivity index (χ2n) is 2.95. The fourth-order valence-corrected chi connectivity index (χ4v) is 2.17. The van der Waals surface area contributed by atoms with Crippen LogP contribution in [0.3, 0.4) is 0 Å². The van der Waals surface area contributed by atoms with Crippen molar-refractivity contribution in [3.63, 3.8) is 0 Å². The predicted octanol–water partition coefficient (Wildman–Crippen LogP) is 2.91. The summed E-state index contributed by atoms with van der Waals surface area (Å²) in [5.74, 6) is -0.989. The smallest absolute Gasteiger partial charge is 0.335 e. The quantitative estimate of drug-likeness (QED) is 0.884. The number of aromatic nitrogens is 2. The lowest BCUT2D eigenvalue weighted by Gasteiger charge is -2.02. The SMILES string of the molecule is O=C(O)c1ccc(Sc2ncc[nH]2)c(Cl)c1. The standard InChI is InChI=1S/C10H7ClN2O2S/c11-7-5-6(9(14)15)1-2-8(7)16-10-12-3-4-13-10/h1-5H,(H,12,13)(H,14,15). The van der Waals surface area contributed by atoms with Crippen molar-refractivity contribution in [2.45, 2.75) is 10.1 Å². The summed E-state index contributed by atoms with van der Waals surface area (Å²) in [6.07, 6.45) is 3.35. The number of aromatic amines is 1. The number of imidazole rings is 1. The highest BCUT2D eigenvalue weighted by atomic mass is 35.5. The van der Waals surface area contributed by atoms with Crippen molar-refractivity contribution in [2.24, 2.45) is 0 Å². The van der Waals surface area contributed by atoms with Gasteiger partial charge in [0.25, 0.3) is 0 Å². The fraction of sp³-hybridized carbons (Fsp3) is 0. The Morgan fingerprint density at radius 1 is 1.50 bits per heavy atom. The van der Waals surface area contributed by atoms with Crippen LogP contribution < -0.4 is 0 Å². The van der Waals surface area contributed by atoms with Crippen LogP contribution in [0.15, 0.2) is 40.6 Å². The maximum absolute atomic E-state index is 10.7. The summed E-state index contributed by atoms with van der Waals surface area (Å²) in [5.41, 5.74) is 0.175. The molecule has 0 spiro atoms. The van der Waals surface area contributed by atoms with Crippen molar-refractivity contribution in [3.8, 4) is 0 Å². The molecule has 0 saturated carbocycles. The second kappa shape index (κ2) is 4.59. The first kappa shape index (κ1) is 11.0. The van der Waals surface area contributed by atoms with Crippen LogP contribution in [-0.4, -0.2) is 21.0 Å². The Balaban J connectivity index is 2.26. The number of hydrogen-bond donors (Lipinski definition) is 2. The molecule has 1 aromatic heterocycles. The first-order chi connectivity index (χ1) is 7.66. The Morgan fingerprint density at radius 2 is 2.31 bits per heavy atom. The number of rotatable bonds is 3. The first-order valence-corrected chi connectivity index (χ1v) is 5.56. The molecule has 0 aliphatic rings. The Morgan fingerprint density at radius 3 is 2.88 bits per heavy atom. The summed E-state index contributed by atoms with van der Waals surface area (Å²) in [5, 5.41) is 9.89. The van der Waals surface area contributed by atoms with Gasteiger partial charge in [-0.25, -0.2) is 9.78 Å². The van der Waals surface area contributed by atoms with Gasteiger partial charge in [-0.05, 0) is 18.2 Å². The Bertz CT molecular complexity index is 514. The average molecular weight is 255 g/mol. The highest BCUT2D eigenvalue weighted by Crippen LogP contribution is 2.31. The summed E-state index contributed by atoms with van der Waals surface area (Å²) >= 11 is 7.31. The molecule has 0 saturated heterocycles. The summed E-state index contributed by atoms with van der Waals surface area (Å²) in [4.78, 5) is 18.4. The molecule has 4 nitrogen and oxygen atoms in total. The van der Waals surface area contributed by atoms with Gasteiger partial charge in [0.2, 0.25) is 0 Å². The maximum Gasteiger partial charge on any atom is 0.335 e. The molecule has 16 heavy (non-hydrogen) atoms. The molecule has 0 aliphatic heterocycles. The highest BCUT2D eigenvalue weighted by molar-refractivity contribution is 7.99. The van der Waals surface area contributed by atoms with E-state index in [9.17, 15) is 4.79 Å². The number of hydrogen-bond acceptors (Lipinski definition) is 3. The van der Waals surface area contributed by atoms with Gasteiger partial charge in [-0.2, -0.15) is 0 Å². The molecule has 0 aliphatic carbocycles. The van der Waals surface area contributed by atoms with Crippen LogP contribution in [0, 0.1) is 0 Å². The maximum atomic E-state index is 10.7. The number of carbonyl (C=O) groups is 1. The number of halogens is 1. The summed E-state index contributed by atoms with van der Waals surface area (Å²) in [6, 6.07) is 4.60. The zero-order chi connectivity index (χ0) is 11.5. The molecule has 2 N–H and O–H groups in total. The Labute approximate surface area is 101 Å². The van der Waals surface area contributed by atoms with Gasteiger partial charge in [0.1, 0.15) is 0 Å². The third-order valence-electron chi connectivity index (χ3n) is 1.86. The van der Waals surface area contributed by atoms with E-state index >= 15 is 0 Å². The van der Waals surface area contributed by atoms with Crippen LogP contribution in [0.2, 0.25) is 5.02 Å². The molecular formula is C10H7ClN2O2S. The number of carboxylic acids is 1. The van der Waals surface area contributed by atoms with Crippen LogP contribution >= 0.6 is 23.4 Å². The lowest BCUT2D eigenvalue weighted by Crippen LogP contribution is -1.95. The predicted molar refractivity (Wildman–Crippen MR) is 61.1 cm³/mol. The van der Waals surface area contributed by atoms with Crippen molar-refractivity contribution < 1.29 is 9.90 Å². The number of carboxylic acid groups (broad SMARTS) is 1. The molecule has 0 amide bonds. The van der Waals surface area contributed by atoms with Crippen molar-refractivity contribution in [1.82, 2.24) is 9.97 Å². The van der Waals surface area contributed by atoms with Gasteiger partial charge >= 0.3 is 5.97 Å². The molecule has 0 atom stereocenters. The van der Waals surface area contributed by atoms with Gasteiger partial charge in [-0.15, -0.1) is 0 Å². The number of nitrogens with zero attached hydrogens (tertiary/aromatic N) is 1. The summed E-state index contributed by atoms with van der Waals surface area (Å²) in [6.45, 7) is 0. The molecule has 82 valence electrons. The van der Waals surface area contributed by atoms with E-state index in [0.29, 0.717) is 10.2 Å². The fourth-order valence-electron chi connectivity index (χ4n) is 1.13.